The number of para-hydroxylation sites is 1. The third kappa shape index (κ3) is 2.53. The SMILES string of the molecule is O=C(Nc1ccc(F)cc1)c1c[nH]c2ccccc2c1=O. The molecule has 0 bridgehead atoms. The lowest BCUT2D eigenvalue weighted by atomic mass is 10.1. The van der Waals surface area contributed by atoms with Gasteiger partial charge in [0.25, 0.3) is 5.91 Å². The van der Waals surface area contributed by atoms with E-state index in [2.05, 4.69) is 10.3 Å². The number of aromatic nitrogens is 1. The lowest BCUT2D eigenvalue weighted by Crippen LogP contribution is -2.21. The summed E-state index contributed by atoms with van der Waals surface area (Å²) in [6, 6.07) is 12.3. The standard InChI is InChI=1S/C16H11FN2O2/c17-10-5-7-11(8-6-10)19-16(21)13-9-18-14-4-2-1-3-12(14)15(13)20/h1-9H,(H,18,20)(H,19,21). The molecule has 0 spiro atoms. The Labute approximate surface area is 119 Å². The zero-order valence-corrected chi connectivity index (χ0v) is 10.9. The quantitative estimate of drug-likeness (QED) is 0.759. The second-order valence-corrected chi connectivity index (χ2v) is 4.54. The molecule has 2 aromatic carbocycles. The van der Waals surface area contributed by atoms with Crippen molar-refractivity contribution in [2.24, 2.45) is 0 Å². The van der Waals surface area contributed by atoms with Crippen LogP contribution in [0.3, 0.4) is 0 Å². The number of carbonyl (C=O) groups excluding carboxylic acids is 1. The number of hydrogen-bond acceptors (Lipinski definition) is 2. The molecule has 21 heavy (non-hydrogen) atoms. The van der Waals surface area contributed by atoms with Gasteiger partial charge in [-0.3, -0.25) is 9.59 Å². The number of aromatic amines is 1. The van der Waals surface area contributed by atoms with Gasteiger partial charge in [0.1, 0.15) is 11.4 Å². The Bertz CT molecular complexity index is 869. The molecule has 104 valence electrons. The van der Waals surface area contributed by atoms with E-state index in [0.717, 1.165) is 0 Å². The molecule has 3 aromatic rings. The number of amides is 1. The van der Waals surface area contributed by atoms with Crippen molar-refractivity contribution in [3.63, 3.8) is 0 Å². The summed E-state index contributed by atoms with van der Waals surface area (Å²) in [5, 5.41) is 3.01. The first kappa shape index (κ1) is 13.1. The van der Waals surface area contributed by atoms with E-state index in [9.17, 15) is 14.0 Å². The number of pyridine rings is 1. The van der Waals surface area contributed by atoms with Crippen LogP contribution in [0.4, 0.5) is 10.1 Å². The lowest BCUT2D eigenvalue weighted by Gasteiger charge is -2.05. The number of benzene rings is 2. The maximum Gasteiger partial charge on any atom is 0.261 e. The second-order valence-electron chi connectivity index (χ2n) is 4.54. The van der Waals surface area contributed by atoms with Crippen molar-refractivity contribution in [1.29, 1.82) is 0 Å². The van der Waals surface area contributed by atoms with Crippen LogP contribution in [0.15, 0.2) is 59.5 Å². The zero-order valence-electron chi connectivity index (χ0n) is 10.9. The Morgan fingerprint density at radius 1 is 1.05 bits per heavy atom. The van der Waals surface area contributed by atoms with Gasteiger partial charge >= 0.3 is 0 Å². The summed E-state index contributed by atoms with van der Waals surface area (Å²) in [7, 11) is 0. The van der Waals surface area contributed by atoms with Crippen LogP contribution in [-0.2, 0) is 0 Å². The number of hydrogen-bond donors (Lipinski definition) is 2. The number of H-pyrrole nitrogens is 1. The molecule has 3 rings (SSSR count). The minimum absolute atomic E-state index is 0.0121. The molecule has 0 unspecified atom stereocenters. The molecular formula is C16H11FN2O2. The van der Waals surface area contributed by atoms with Crippen molar-refractivity contribution in [2.75, 3.05) is 5.32 Å². The van der Waals surface area contributed by atoms with Gasteiger partial charge in [-0.25, -0.2) is 4.39 Å². The van der Waals surface area contributed by atoms with Crippen molar-refractivity contribution < 1.29 is 9.18 Å². The maximum absolute atomic E-state index is 12.8. The molecule has 2 N–H and O–H groups in total. The first-order valence-corrected chi connectivity index (χ1v) is 6.32. The van der Waals surface area contributed by atoms with Gasteiger partial charge in [0, 0.05) is 22.8 Å². The number of rotatable bonds is 2. The smallest absolute Gasteiger partial charge is 0.261 e. The monoisotopic (exact) mass is 282 g/mol. The van der Waals surface area contributed by atoms with E-state index >= 15 is 0 Å². The molecule has 0 radical (unpaired) electrons. The van der Waals surface area contributed by atoms with E-state index in [-0.39, 0.29) is 11.0 Å². The summed E-state index contributed by atoms with van der Waals surface area (Å²) in [4.78, 5) is 27.3. The normalized spacial score (nSPS) is 10.5. The van der Waals surface area contributed by atoms with Gasteiger partial charge < -0.3 is 10.3 Å². The van der Waals surface area contributed by atoms with Crippen molar-refractivity contribution in [1.82, 2.24) is 4.98 Å². The van der Waals surface area contributed by atoms with Gasteiger partial charge in [-0.05, 0) is 36.4 Å². The molecular weight excluding hydrogens is 271 g/mol. The van der Waals surface area contributed by atoms with Crippen LogP contribution in [0, 0.1) is 5.82 Å². The lowest BCUT2D eigenvalue weighted by molar-refractivity contribution is 0.102. The first-order chi connectivity index (χ1) is 10.1. The predicted octanol–water partition coefficient (Wildman–Crippen LogP) is 2.92. The van der Waals surface area contributed by atoms with Crippen LogP contribution in [-0.4, -0.2) is 10.9 Å². The van der Waals surface area contributed by atoms with E-state index < -0.39 is 11.7 Å². The molecule has 0 saturated carbocycles. The number of halogens is 1. The number of carbonyl (C=O) groups is 1. The van der Waals surface area contributed by atoms with Crippen LogP contribution in [0.2, 0.25) is 0 Å². The van der Waals surface area contributed by atoms with E-state index in [1.165, 1.54) is 30.5 Å². The summed E-state index contributed by atoms with van der Waals surface area (Å²) in [5.41, 5.74) is 0.761. The Hall–Kier alpha value is -2.95. The minimum Gasteiger partial charge on any atom is -0.360 e. The zero-order chi connectivity index (χ0) is 14.8. The molecule has 1 aromatic heterocycles. The highest BCUT2D eigenvalue weighted by Crippen LogP contribution is 2.11. The van der Waals surface area contributed by atoms with E-state index in [0.29, 0.717) is 16.6 Å². The molecule has 5 heteroatoms. The van der Waals surface area contributed by atoms with Crippen LogP contribution >= 0.6 is 0 Å². The van der Waals surface area contributed by atoms with Gasteiger partial charge in [0.2, 0.25) is 5.43 Å². The number of anilines is 1. The molecule has 0 atom stereocenters. The van der Waals surface area contributed by atoms with Gasteiger partial charge in [-0.1, -0.05) is 12.1 Å². The van der Waals surface area contributed by atoms with Crippen LogP contribution in [0.25, 0.3) is 10.9 Å². The summed E-state index contributed by atoms with van der Waals surface area (Å²) in [6.45, 7) is 0. The Morgan fingerprint density at radius 3 is 2.52 bits per heavy atom. The number of nitrogens with one attached hydrogen (secondary N) is 2. The first-order valence-electron chi connectivity index (χ1n) is 6.32. The molecule has 4 nitrogen and oxygen atoms in total. The summed E-state index contributed by atoms with van der Waals surface area (Å²) < 4.78 is 12.8. The second kappa shape index (κ2) is 5.20. The van der Waals surface area contributed by atoms with Gasteiger partial charge in [-0.2, -0.15) is 0 Å². The third-order valence-electron chi connectivity index (χ3n) is 3.14. The van der Waals surface area contributed by atoms with E-state index in [1.807, 2.05) is 0 Å². The average molecular weight is 282 g/mol. The fraction of sp³-hybridized carbons (Fsp3) is 0. The highest BCUT2D eigenvalue weighted by Gasteiger charge is 2.12. The predicted molar refractivity (Wildman–Crippen MR) is 78.9 cm³/mol. The fourth-order valence-corrected chi connectivity index (χ4v) is 2.07. The molecule has 0 saturated heterocycles. The number of fused-ring (bicyclic) bond motifs is 1. The van der Waals surface area contributed by atoms with Gasteiger partial charge in [0.05, 0.1) is 0 Å². The molecule has 0 aliphatic heterocycles. The van der Waals surface area contributed by atoms with Gasteiger partial charge in [0.15, 0.2) is 0 Å². The molecule has 1 heterocycles. The maximum atomic E-state index is 12.8. The van der Waals surface area contributed by atoms with Crippen molar-refractivity contribution in [3.8, 4) is 0 Å². The summed E-state index contributed by atoms with van der Waals surface area (Å²) in [5.74, 6) is -0.926. The Morgan fingerprint density at radius 2 is 1.76 bits per heavy atom. The van der Waals surface area contributed by atoms with Crippen molar-refractivity contribution >= 4 is 22.5 Å². The van der Waals surface area contributed by atoms with Crippen LogP contribution in [0.1, 0.15) is 10.4 Å². The Balaban J connectivity index is 1.96. The Kier molecular flexibility index (Phi) is 3.23. The van der Waals surface area contributed by atoms with Crippen LogP contribution in [0.5, 0.6) is 0 Å². The minimum atomic E-state index is -0.534. The van der Waals surface area contributed by atoms with Crippen LogP contribution < -0.4 is 10.7 Å². The largest absolute Gasteiger partial charge is 0.360 e. The molecule has 1 amide bonds. The van der Waals surface area contributed by atoms with Crippen molar-refractivity contribution in [2.45, 2.75) is 0 Å². The highest BCUT2D eigenvalue weighted by molar-refractivity contribution is 6.05. The molecule has 0 fully saturated rings. The summed E-state index contributed by atoms with van der Waals surface area (Å²) in [6.07, 6.45) is 1.38. The molecule has 0 aliphatic carbocycles. The van der Waals surface area contributed by atoms with E-state index in [1.54, 1.807) is 24.3 Å². The average Bonchev–Trinajstić information content (AvgIpc) is 2.50. The fourth-order valence-electron chi connectivity index (χ4n) is 2.07. The van der Waals surface area contributed by atoms with Gasteiger partial charge in [-0.15, -0.1) is 0 Å². The summed E-state index contributed by atoms with van der Waals surface area (Å²) >= 11 is 0. The highest BCUT2D eigenvalue weighted by atomic mass is 19.1. The topological polar surface area (TPSA) is 62.0 Å². The third-order valence-corrected chi connectivity index (χ3v) is 3.14. The molecule has 0 aliphatic rings. The van der Waals surface area contributed by atoms with E-state index in [4.69, 9.17) is 0 Å². The van der Waals surface area contributed by atoms with Crippen molar-refractivity contribution in [3.05, 3.63) is 76.3 Å².